The van der Waals surface area contributed by atoms with Gasteiger partial charge in [-0.15, -0.1) is 0 Å². The number of halogens is 2. The van der Waals surface area contributed by atoms with E-state index in [1.54, 1.807) is 24.3 Å². The van der Waals surface area contributed by atoms with Crippen molar-refractivity contribution >= 4 is 17.9 Å². The van der Waals surface area contributed by atoms with Crippen LogP contribution in [0, 0.1) is 11.7 Å². The molecule has 36 heavy (non-hydrogen) atoms. The van der Waals surface area contributed by atoms with Crippen molar-refractivity contribution in [1.82, 2.24) is 15.1 Å². The van der Waals surface area contributed by atoms with Crippen LogP contribution in [0.15, 0.2) is 48.5 Å². The van der Waals surface area contributed by atoms with Gasteiger partial charge in [-0.25, -0.2) is 13.6 Å². The quantitative estimate of drug-likeness (QED) is 0.537. The van der Waals surface area contributed by atoms with E-state index in [9.17, 15) is 23.2 Å². The molecule has 0 aromatic heterocycles. The number of hydrogen-bond acceptors (Lipinski definition) is 4. The maximum absolute atomic E-state index is 15.0. The molecule has 0 aliphatic carbocycles. The van der Waals surface area contributed by atoms with Crippen molar-refractivity contribution in [2.24, 2.45) is 5.92 Å². The molecule has 1 heterocycles. The van der Waals surface area contributed by atoms with Gasteiger partial charge in [-0.1, -0.05) is 38.1 Å². The van der Waals surface area contributed by atoms with Crippen molar-refractivity contribution in [1.29, 1.82) is 0 Å². The number of benzene rings is 2. The number of likely N-dealkylation sites (tertiary alicyclic amines) is 1. The van der Waals surface area contributed by atoms with E-state index in [1.165, 1.54) is 24.3 Å². The molecule has 1 saturated heterocycles. The first-order valence-electron chi connectivity index (χ1n) is 11.8. The summed E-state index contributed by atoms with van der Waals surface area (Å²) in [6, 6.07) is 11.4. The number of carbonyl (C=O) groups excluding carboxylic acids is 2. The first-order chi connectivity index (χ1) is 17.1. The monoisotopic (exact) mass is 503 g/mol. The Hall–Kier alpha value is -3.69. The fourth-order valence-electron chi connectivity index (χ4n) is 3.90. The van der Waals surface area contributed by atoms with Crippen LogP contribution in [0.3, 0.4) is 0 Å². The molecule has 2 atom stereocenters. The summed E-state index contributed by atoms with van der Waals surface area (Å²) in [7, 11) is 0. The van der Waals surface area contributed by atoms with Crippen molar-refractivity contribution < 1.29 is 33.0 Å². The van der Waals surface area contributed by atoms with E-state index in [-0.39, 0.29) is 26.1 Å². The first-order valence-corrected chi connectivity index (χ1v) is 11.8. The molecule has 0 bridgehead atoms. The van der Waals surface area contributed by atoms with Gasteiger partial charge in [-0.3, -0.25) is 9.59 Å². The molecule has 1 aliphatic heterocycles. The number of piperidine rings is 1. The van der Waals surface area contributed by atoms with Gasteiger partial charge in [0, 0.05) is 19.6 Å². The van der Waals surface area contributed by atoms with Gasteiger partial charge in [0.25, 0.3) is 0 Å². The van der Waals surface area contributed by atoms with Crippen molar-refractivity contribution in [3.63, 3.8) is 0 Å². The third kappa shape index (κ3) is 7.40. The lowest BCUT2D eigenvalue weighted by Gasteiger charge is -2.39. The molecule has 2 aromatic rings. The number of rotatable bonds is 8. The molecule has 194 valence electrons. The fraction of sp³-hybridized carbons (Fsp3) is 0.423. The Morgan fingerprint density at radius 1 is 1.11 bits per heavy atom. The molecule has 8 nitrogen and oxygen atoms in total. The summed E-state index contributed by atoms with van der Waals surface area (Å²) in [5.41, 5.74) is 1.26. The van der Waals surface area contributed by atoms with Gasteiger partial charge < -0.3 is 25.0 Å². The van der Waals surface area contributed by atoms with Crippen LogP contribution in [-0.2, 0) is 22.7 Å². The van der Waals surface area contributed by atoms with Crippen LogP contribution in [0.1, 0.15) is 31.4 Å². The molecule has 3 rings (SSSR count). The molecule has 1 fully saturated rings. The van der Waals surface area contributed by atoms with Crippen LogP contribution in [0.4, 0.5) is 13.6 Å². The normalized spacial score (nSPS) is 17.5. The lowest BCUT2D eigenvalue weighted by atomic mass is 10.00. The Morgan fingerprint density at radius 2 is 1.75 bits per heavy atom. The second-order valence-electron chi connectivity index (χ2n) is 9.19. The van der Waals surface area contributed by atoms with E-state index in [0.29, 0.717) is 23.8 Å². The molecule has 0 radical (unpaired) electrons. The van der Waals surface area contributed by atoms with E-state index in [1.807, 2.05) is 13.8 Å². The van der Waals surface area contributed by atoms with Gasteiger partial charge in [0.1, 0.15) is 17.7 Å². The van der Waals surface area contributed by atoms with Gasteiger partial charge in [-0.2, -0.15) is 0 Å². The summed E-state index contributed by atoms with van der Waals surface area (Å²) in [5, 5.41) is 11.7. The highest BCUT2D eigenvalue weighted by molar-refractivity contribution is 6.35. The summed E-state index contributed by atoms with van der Waals surface area (Å²) < 4.78 is 34.0. The standard InChI is InChI=1S/C26H31F2N3O5/c1-17(2)16-36-21-9-5-18(6-10-21)13-29-24(32)25(33)31(14-19-3-7-20(27)8-4-19)23-11-12-30(26(34)35)15-22(23)28/h3-10,17,22-23H,11-16H2,1-2H3,(H,29,32)(H,34,35)/t22-,23+/m1/s1. The number of nitrogens with zero attached hydrogens (tertiary/aromatic N) is 2. The highest BCUT2D eigenvalue weighted by Crippen LogP contribution is 2.23. The largest absolute Gasteiger partial charge is 0.493 e. The molecule has 3 amide bonds. The summed E-state index contributed by atoms with van der Waals surface area (Å²) >= 11 is 0. The number of alkyl halides is 1. The van der Waals surface area contributed by atoms with Crippen LogP contribution >= 0.6 is 0 Å². The van der Waals surface area contributed by atoms with E-state index in [2.05, 4.69) is 5.32 Å². The minimum Gasteiger partial charge on any atom is -0.493 e. The van der Waals surface area contributed by atoms with Gasteiger partial charge in [-0.05, 0) is 47.7 Å². The smallest absolute Gasteiger partial charge is 0.407 e. The van der Waals surface area contributed by atoms with E-state index < -0.39 is 42.5 Å². The number of carbonyl (C=O) groups is 3. The molecule has 10 heteroatoms. The number of hydrogen-bond donors (Lipinski definition) is 2. The van der Waals surface area contributed by atoms with Crippen LogP contribution in [0.25, 0.3) is 0 Å². The lowest BCUT2D eigenvalue weighted by Crippen LogP contribution is -2.57. The Balaban J connectivity index is 1.68. The zero-order chi connectivity index (χ0) is 26.2. The first kappa shape index (κ1) is 26.9. The lowest BCUT2D eigenvalue weighted by molar-refractivity contribution is -0.150. The molecular formula is C26H31F2N3O5. The minimum atomic E-state index is -1.68. The predicted molar refractivity (Wildman–Crippen MR) is 128 cm³/mol. The third-order valence-corrected chi connectivity index (χ3v) is 5.86. The molecule has 1 aliphatic rings. The minimum absolute atomic E-state index is 0.0282. The molecular weight excluding hydrogens is 472 g/mol. The van der Waals surface area contributed by atoms with Gasteiger partial charge >= 0.3 is 17.9 Å². The average Bonchev–Trinajstić information content (AvgIpc) is 2.86. The Morgan fingerprint density at radius 3 is 2.33 bits per heavy atom. The Bertz CT molecular complexity index is 1050. The topological polar surface area (TPSA) is 99.2 Å². The highest BCUT2D eigenvalue weighted by atomic mass is 19.1. The van der Waals surface area contributed by atoms with Gasteiger partial charge in [0.05, 0.1) is 19.2 Å². The molecule has 0 spiro atoms. The average molecular weight is 504 g/mol. The second kappa shape index (κ2) is 12.3. The van der Waals surface area contributed by atoms with E-state index >= 15 is 0 Å². The highest BCUT2D eigenvalue weighted by Gasteiger charge is 2.39. The van der Waals surface area contributed by atoms with Gasteiger partial charge in [0.15, 0.2) is 0 Å². The van der Waals surface area contributed by atoms with Crippen LogP contribution < -0.4 is 10.1 Å². The SMILES string of the molecule is CC(C)COc1ccc(CNC(=O)C(=O)N(Cc2ccc(F)cc2)[C@H]2CCN(C(=O)O)C[C@H]2F)cc1. The predicted octanol–water partition coefficient (Wildman–Crippen LogP) is 3.60. The van der Waals surface area contributed by atoms with Crippen LogP contribution in [0.5, 0.6) is 5.75 Å². The van der Waals surface area contributed by atoms with Gasteiger partial charge in [0.2, 0.25) is 0 Å². The number of nitrogens with one attached hydrogen (secondary N) is 1. The van der Waals surface area contributed by atoms with Crippen molar-refractivity contribution in [2.45, 2.75) is 45.6 Å². The maximum Gasteiger partial charge on any atom is 0.407 e. The molecule has 2 N–H and O–H groups in total. The van der Waals surface area contributed by atoms with Crippen LogP contribution in [-0.4, -0.2) is 64.7 Å². The Kier molecular flexibility index (Phi) is 9.21. The fourth-order valence-corrected chi connectivity index (χ4v) is 3.90. The molecule has 0 unspecified atom stereocenters. The molecule has 2 aromatic carbocycles. The zero-order valence-electron chi connectivity index (χ0n) is 20.3. The molecule has 0 saturated carbocycles. The van der Waals surface area contributed by atoms with Crippen molar-refractivity contribution in [2.75, 3.05) is 19.7 Å². The number of carboxylic acid groups (broad SMARTS) is 1. The summed E-state index contributed by atoms with van der Waals surface area (Å²) in [6.45, 7) is 4.25. The van der Waals surface area contributed by atoms with Crippen molar-refractivity contribution in [3.8, 4) is 5.75 Å². The maximum atomic E-state index is 15.0. The summed E-state index contributed by atoms with van der Waals surface area (Å²) in [5.74, 6) is -1.24. The summed E-state index contributed by atoms with van der Waals surface area (Å²) in [4.78, 5) is 39.1. The zero-order valence-corrected chi connectivity index (χ0v) is 20.3. The summed E-state index contributed by atoms with van der Waals surface area (Å²) in [6.07, 6.45) is -2.89. The van der Waals surface area contributed by atoms with Crippen molar-refractivity contribution in [3.05, 3.63) is 65.5 Å². The second-order valence-corrected chi connectivity index (χ2v) is 9.19. The number of amides is 3. The number of ether oxygens (including phenoxy) is 1. The van der Waals surface area contributed by atoms with E-state index in [4.69, 9.17) is 9.84 Å². The third-order valence-electron chi connectivity index (χ3n) is 5.86. The Labute approximate surface area is 208 Å². The van der Waals surface area contributed by atoms with Crippen LogP contribution in [0.2, 0.25) is 0 Å². The van der Waals surface area contributed by atoms with E-state index in [0.717, 1.165) is 15.4 Å².